The predicted molar refractivity (Wildman–Crippen MR) is 73.0 cm³/mol. The van der Waals surface area contributed by atoms with Crippen LogP contribution in [0.2, 0.25) is 0 Å². The van der Waals surface area contributed by atoms with E-state index < -0.39 is 0 Å². The van der Waals surface area contributed by atoms with Crippen molar-refractivity contribution >= 4 is 63.7 Å². The van der Waals surface area contributed by atoms with E-state index in [4.69, 9.17) is 4.74 Å². The SMILES string of the molecule is CCCOc1cc(Br)c(Br)c(Br)c1Br. The van der Waals surface area contributed by atoms with E-state index in [2.05, 4.69) is 70.6 Å². The van der Waals surface area contributed by atoms with E-state index in [1.54, 1.807) is 0 Å². The summed E-state index contributed by atoms with van der Waals surface area (Å²) < 4.78 is 9.41. The summed E-state index contributed by atoms with van der Waals surface area (Å²) in [4.78, 5) is 0. The van der Waals surface area contributed by atoms with Gasteiger partial charge in [-0.1, -0.05) is 6.92 Å². The Kier molecular flexibility index (Phi) is 5.45. The van der Waals surface area contributed by atoms with Crippen LogP contribution in [0.4, 0.5) is 0 Å². The Bertz CT molecular complexity index is 338. The second kappa shape index (κ2) is 5.87. The summed E-state index contributed by atoms with van der Waals surface area (Å²) in [7, 11) is 0. The van der Waals surface area contributed by atoms with Crippen molar-refractivity contribution in [2.75, 3.05) is 6.61 Å². The van der Waals surface area contributed by atoms with Gasteiger partial charge in [0.25, 0.3) is 0 Å². The number of halogens is 4. The maximum absolute atomic E-state index is 5.57. The van der Waals surface area contributed by atoms with E-state index in [1.165, 1.54) is 0 Å². The molecule has 5 heteroatoms. The molecule has 1 aromatic carbocycles. The molecular weight excluding hydrogens is 444 g/mol. The average molecular weight is 452 g/mol. The third kappa shape index (κ3) is 2.97. The highest BCUT2D eigenvalue weighted by Crippen LogP contribution is 2.42. The second-order valence-electron chi connectivity index (χ2n) is 2.65. The highest BCUT2D eigenvalue weighted by molar-refractivity contribution is 9.15. The van der Waals surface area contributed by atoms with Gasteiger partial charge in [0, 0.05) is 8.95 Å². The van der Waals surface area contributed by atoms with Gasteiger partial charge in [-0.25, -0.2) is 0 Å². The van der Waals surface area contributed by atoms with Crippen molar-refractivity contribution in [2.45, 2.75) is 13.3 Å². The molecular formula is C9H8Br4O. The fourth-order valence-corrected chi connectivity index (χ4v) is 2.96. The van der Waals surface area contributed by atoms with Crippen LogP contribution < -0.4 is 4.74 Å². The molecule has 0 radical (unpaired) electrons. The Hall–Kier alpha value is 0.940. The third-order valence-electron chi connectivity index (χ3n) is 1.53. The molecule has 0 aliphatic carbocycles. The number of rotatable bonds is 3. The minimum absolute atomic E-state index is 0.721. The molecule has 0 N–H and O–H groups in total. The summed E-state index contributed by atoms with van der Waals surface area (Å²) in [6.45, 7) is 2.80. The molecule has 1 nitrogen and oxygen atoms in total. The fourth-order valence-electron chi connectivity index (χ4n) is 0.868. The van der Waals surface area contributed by atoms with Crippen LogP contribution in [0.1, 0.15) is 13.3 Å². The molecule has 0 spiro atoms. The summed E-state index contributed by atoms with van der Waals surface area (Å²) in [6, 6.07) is 1.94. The molecule has 0 fully saturated rings. The van der Waals surface area contributed by atoms with Crippen molar-refractivity contribution in [3.63, 3.8) is 0 Å². The van der Waals surface area contributed by atoms with Crippen molar-refractivity contribution in [2.24, 2.45) is 0 Å². The van der Waals surface area contributed by atoms with E-state index in [0.717, 1.165) is 36.7 Å². The molecule has 1 aromatic rings. The first-order valence-corrected chi connectivity index (χ1v) is 7.21. The van der Waals surface area contributed by atoms with Crippen LogP contribution >= 0.6 is 63.7 Å². The minimum Gasteiger partial charge on any atom is -0.492 e. The van der Waals surface area contributed by atoms with Crippen LogP contribution in [0.3, 0.4) is 0 Å². The quantitative estimate of drug-likeness (QED) is 0.434. The van der Waals surface area contributed by atoms with Crippen molar-refractivity contribution in [3.05, 3.63) is 24.0 Å². The summed E-state index contributed by atoms with van der Waals surface area (Å²) >= 11 is 13.8. The number of hydrogen-bond donors (Lipinski definition) is 0. The molecule has 0 heterocycles. The highest BCUT2D eigenvalue weighted by Gasteiger charge is 2.12. The third-order valence-corrected chi connectivity index (χ3v) is 6.16. The topological polar surface area (TPSA) is 9.23 Å². The summed E-state index contributed by atoms with van der Waals surface area (Å²) in [5.41, 5.74) is 0. The summed E-state index contributed by atoms with van der Waals surface area (Å²) in [5, 5.41) is 0. The Morgan fingerprint density at radius 2 is 1.71 bits per heavy atom. The van der Waals surface area contributed by atoms with Gasteiger partial charge in [0.2, 0.25) is 0 Å². The Labute approximate surface area is 117 Å². The number of hydrogen-bond acceptors (Lipinski definition) is 1. The van der Waals surface area contributed by atoms with Crippen molar-refractivity contribution in [1.29, 1.82) is 0 Å². The molecule has 0 atom stereocenters. The maximum Gasteiger partial charge on any atom is 0.135 e. The second-order valence-corrected chi connectivity index (χ2v) is 5.88. The van der Waals surface area contributed by atoms with Gasteiger partial charge in [0.05, 0.1) is 15.6 Å². The van der Waals surface area contributed by atoms with Crippen LogP contribution in [0.25, 0.3) is 0 Å². The van der Waals surface area contributed by atoms with Crippen LogP contribution in [-0.2, 0) is 0 Å². The Balaban J connectivity index is 3.06. The van der Waals surface area contributed by atoms with Crippen LogP contribution in [-0.4, -0.2) is 6.61 Å². The molecule has 0 bridgehead atoms. The average Bonchev–Trinajstić information content (AvgIpc) is 2.18. The lowest BCUT2D eigenvalue weighted by Gasteiger charge is -2.10. The van der Waals surface area contributed by atoms with Gasteiger partial charge in [-0.15, -0.1) is 0 Å². The van der Waals surface area contributed by atoms with Gasteiger partial charge in [-0.05, 0) is 76.2 Å². The predicted octanol–water partition coefficient (Wildman–Crippen LogP) is 5.53. The minimum atomic E-state index is 0.721. The normalized spacial score (nSPS) is 10.4. The van der Waals surface area contributed by atoms with Crippen molar-refractivity contribution < 1.29 is 4.74 Å². The van der Waals surface area contributed by atoms with Crippen LogP contribution in [0, 0.1) is 0 Å². The molecule has 78 valence electrons. The molecule has 1 rings (SSSR count). The molecule has 0 aliphatic heterocycles. The zero-order chi connectivity index (χ0) is 10.7. The van der Waals surface area contributed by atoms with E-state index in [0.29, 0.717) is 0 Å². The highest BCUT2D eigenvalue weighted by atomic mass is 79.9. The van der Waals surface area contributed by atoms with Gasteiger partial charge in [0.15, 0.2) is 0 Å². The van der Waals surface area contributed by atoms with Crippen LogP contribution in [0.5, 0.6) is 5.75 Å². The smallest absolute Gasteiger partial charge is 0.135 e. The number of ether oxygens (including phenoxy) is 1. The van der Waals surface area contributed by atoms with Crippen molar-refractivity contribution in [1.82, 2.24) is 0 Å². The zero-order valence-corrected chi connectivity index (χ0v) is 13.8. The van der Waals surface area contributed by atoms with Gasteiger partial charge in [-0.3, -0.25) is 0 Å². The van der Waals surface area contributed by atoms with E-state index in [-0.39, 0.29) is 0 Å². The number of benzene rings is 1. The molecule has 14 heavy (non-hydrogen) atoms. The molecule has 0 aromatic heterocycles. The largest absolute Gasteiger partial charge is 0.492 e. The van der Waals surface area contributed by atoms with E-state index in [9.17, 15) is 0 Å². The molecule has 0 aliphatic rings. The fraction of sp³-hybridized carbons (Fsp3) is 0.333. The standard InChI is InChI=1S/C9H8Br4O/c1-2-3-14-6-4-5(10)7(11)9(13)8(6)12/h4H,2-3H2,1H3. The lowest BCUT2D eigenvalue weighted by molar-refractivity contribution is 0.315. The molecule has 0 unspecified atom stereocenters. The van der Waals surface area contributed by atoms with E-state index in [1.807, 2.05) is 6.07 Å². The Morgan fingerprint density at radius 1 is 1.07 bits per heavy atom. The zero-order valence-electron chi connectivity index (χ0n) is 7.41. The Morgan fingerprint density at radius 3 is 2.29 bits per heavy atom. The summed E-state index contributed by atoms with van der Waals surface area (Å²) in [6.07, 6.45) is 0.998. The molecule has 0 saturated heterocycles. The van der Waals surface area contributed by atoms with Crippen LogP contribution in [0.15, 0.2) is 24.0 Å². The van der Waals surface area contributed by atoms with Gasteiger partial charge in [-0.2, -0.15) is 0 Å². The van der Waals surface area contributed by atoms with E-state index >= 15 is 0 Å². The lowest BCUT2D eigenvalue weighted by Crippen LogP contribution is -1.96. The first kappa shape index (κ1) is 13.0. The molecule has 0 amide bonds. The van der Waals surface area contributed by atoms with Gasteiger partial charge < -0.3 is 4.74 Å². The van der Waals surface area contributed by atoms with Gasteiger partial charge >= 0.3 is 0 Å². The maximum atomic E-state index is 5.57. The lowest BCUT2D eigenvalue weighted by atomic mass is 10.3. The first-order chi connectivity index (χ1) is 6.57. The molecule has 0 saturated carbocycles. The monoisotopic (exact) mass is 448 g/mol. The summed E-state index contributed by atoms with van der Waals surface area (Å²) in [5.74, 6) is 0.841. The first-order valence-electron chi connectivity index (χ1n) is 4.03. The van der Waals surface area contributed by atoms with Gasteiger partial charge in [0.1, 0.15) is 5.75 Å². The van der Waals surface area contributed by atoms with Crippen molar-refractivity contribution in [3.8, 4) is 5.75 Å².